The standard InChI is InChI=1S/C11H14FNO3S/c12-9-2-1-3-10(6-9)13-11(7-14)4-5-17(15,16)8-11/h1-3,6,13-14H,4-5,7-8H2. The van der Waals surface area contributed by atoms with Gasteiger partial charge in [0.15, 0.2) is 9.84 Å². The summed E-state index contributed by atoms with van der Waals surface area (Å²) in [6.45, 7) is -0.289. The molecule has 17 heavy (non-hydrogen) atoms. The second-order valence-corrected chi connectivity index (χ2v) is 6.60. The van der Waals surface area contributed by atoms with Crippen molar-refractivity contribution in [3.05, 3.63) is 30.1 Å². The molecule has 0 bridgehead atoms. The predicted octanol–water partition coefficient (Wildman–Crippen LogP) is 0.787. The first kappa shape index (κ1) is 12.3. The molecule has 1 aromatic carbocycles. The molecule has 4 nitrogen and oxygen atoms in total. The summed E-state index contributed by atoms with van der Waals surface area (Å²) in [4.78, 5) is 0. The molecule has 0 saturated carbocycles. The molecule has 1 unspecified atom stereocenters. The molecule has 1 fully saturated rings. The van der Waals surface area contributed by atoms with Crippen LogP contribution in [-0.2, 0) is 9.84 Å². The van der Waals surface area contributed by atoms with Crippen molar-refractivity contribution in [1.29, 1.82) is 0 Å². The Bertz CT molecular complexity index is 517. The number of rotatable bonds is 3. The Morgan fingerprint density at radius 1 is 1.47 bits per heavy atom. The second-order valence-electron chi connectivity index (χ2n) is 4.42. The molecular weight excluding hydrogens is 245 g/mol. The molecule has 0 aromatic heterocycles. The molecule has 1 aliphatic rings. The van der Waals surface area contributed by atoms with E-state index < -0.39 is 21.2 Å². The van der Waals surface area contributed by atoms with Crippen LogP contribution >= 0.6 is 0 Å². The van der Waals surface area contributed by atoms with Crippen LogP contribution in [0.5, 0.6) is 0 Å². The van der Waals surface area contributed by atoms with Crippen molar-refractivity contribution in [2.75, 3.05) is 23.4 Å². The van der Waals surface area contributed by atoms with Crippen molar-refractivity contribution in [1.82, 2.24) is 0 Å². The van der Waals surface area contributed by atoms with Crippen molar-refractivity contribution in [2.24, 2.45) is 0 Å². The molecular formula is C11H14FNO3S. The second kappa shape index (κ2) is 4.27. The van der Waals surface area contributed by atoms with Gasteiger partial charge in [-0.05, 0) is 24.6 Å². The van der Waals surface area contributed by atoms with E-state index in [4.69, 9.17) is 0 Å². The third kappa shape index (κ3) is 2.76. The summed E-state index contributed by atoms with van der Waals surface area (Å²) in [5, 5.41) is 12.3. The molecule has 0 spiro atoms. The number of halogens is 1. The lowest BCUT2D eigenvalue weighted by Crippen LogP contribution is -2.43. The minimum absolute atomic E-state index is 0.0515. The van der Waals surface area contributed by atoms with Crippen LogP contribution in [0.3, 0.4) is 0 Å². The summed E-state index contributed by atoms with van der Waals surface area (Å²) in [7, 11) is -3.11. The Morgan fingerprint density at radius 3 is 2.76 bits per heavy atom. The number of nitrogens with one attached hydrogen (secondary N) is 1. The van der Waals surface area contributed by atoms with Gasteiger partial charge in [0.1, 0.15) is 5.82 Å². The molecule has 0 amide bonds. The topological polar surface area (TPSA) is 66.4 Å². The van der Waals surface area contributed by atoms with Crippen molar-refractivity contribution in [2.45, 2.75) is 12.0 Å². The van der Waals surface area contributed by atoms with Crippen LogP contribution < -0.4 is 5.32 Å². The quantitative estimate of drug-likeness (QED) is 0.842. The molecule has 6 heteroatoms. The first-order chi connectivity index (χ1) is 7.95. The zero-order valence-electron chi connectivity index (χ0n) is 9.19. The van der Waals surface area contributed by atoms with E-state index in [1.54, 1.807) is 6.07 Å². The van der Waals surface area contributed by atoms with E-state index in [9.17, 15) is 17.9 Å². The normalized spacial score (nSPS) is 26.9. The highest BCUT2D eigenvalue weighted by Gasteiger charge is 2.41. The Hall–Kier alpha value is -1.14. The van der Waals surface area contributed by atoms with Gasteiger partial charge in [-0.25, -0.2) is 12.8 Å². The van der Waals surface area contributed by atoms with E-state index in [1.807, 2.05) is 0 Å². The Kier molecular flexibility index (Phi) is 3.09. The zero-order valence-corrected chi connectivity index (χ0v) is 10.0. The minimum Gasteiger partial charge on any atom is -0.394 e. The fourth-order valence-corrected chi connectivity index (χ4v) is 4.05. The van der Waals surface area contributed by atoms with E-state index in [1.165, 1.54) is 18.2 Å². The summed E-state index contributed by atoms with van der Waals surface area (Å²) in [6, 6.07) is 5.77. The largest absolute Gasteiger partial charge is 0.394 e. The first-order valence-electron chi connectivity index (χ1n) is 5.30. The first-order valence-corrected chi connectivity index (χ1v) is 7.12. The summed E-state index contributed by atoms with van der Waals surface area (Å²) in [6.07, 6.45) is 0.336. The van der Waals surface area contributed by atoms with E-state index >= 15 is 0 Å². The molecule has 1 saturated heterocycles. The Morgan fingerprint density at radius 2 is 2.24 bits per heavy atom. The highest BCUT2D eigenvalue weighted by molar-refractivity contribution is 7.91. The van der Waals surface area contributed by atoms with Crippen molar-refractivity contribution in [3.63, 3.8) is 0 Å². The summed E-state index contributed by atoms with van der Waals surface area (Å²) in [5.74, 6) is -0.466. The fourth-order valence-electron chi connectivity index (χ4n) is 2.05. The third-order valence-electron chi connectivity index (χ3n) is 2.92. The molecule has 94 valence electrons. The molecule has 2 N–H and O–H groups in total. The molecule has 1 aliphatic heterocycles. The van der Waals surface area contributed by atoms with Gasteiger partial charge in [0.05, 0.1) is 23.7 Å². The number of aliphatic hydroxyl groups is 1. The van der Waals surface area contributed by atoms with E-state index in [0.717, 1.165) is 0 Å². The lowest BCUT2D eigenvalue weighted by molar-refractivity contribution is 0.226. The predicted molar refractivity (Wildman–Crippen MR) is 63.1 cm³/mol. The lowest BCUT2D eigenvalue weighted by Gasteiger charge is -2.27. The van der Waals surface area contributed by atoms with Gasteiger partial charge in [-0.2, -0.15) is 0 Å². The van der Waals surface area contributed by atoms with Gasteiger partial charge in [0.2, 0.25) is 0 Å². The third-order valence-corrected chi connectivity index (χ3v) is 4.74. The van der Waals surface area contributed by atoms with Crippen LogP contribution in [-0.4, -0.2) is 37.2 Å². The summed E-state index contributed by atoms with van der Waals surface area (Å²) >= 11 is 0. The molecule has 0 radical (unpaired) electrons. The van der Waals surface area contributed by atoms with Gasteiger partial charge in [-0.1, -0.05) is 6.07 Å². The minimum atomic E-state index is -3.11. The molecule has 1 atom stereocenters. The molecule has 1 heterocycles. The zero-order chi connectivity index (χ0) is 12.5. The van der Waals surface area contributed by atoms with E-state index in [-0.39, 0.29) is 18.1 Å². The number of sulfone groups is 1. The number of hydrogen-bond acceptors (Lipinski definition) is 4. The molecule has 0 aliphatic carbocycles. The van der Waals surface area contributed by atoms with Crippen molar-refractivity contribution < 1.29 is 17.9 Å². The van der Waals surface area contributed by atoms with Crippen LogP contribution in [0.4, 0.5) is 10.1 Å². The number of anilines is 1. The van der Waals surface area contributed by atoms with Gasteiger partial charge >= 0.3 is 0 Å². The Balaban J connectivity index is 2.22. The van der Waals surface area contributed by atoms with Crippen LogP contribution in [0, 0.1) is 5.82 Å². The average Bonchev–Trinajstić information content (AvgIpc) is 2.55. The van der Waals surface area contributed by atoms with Gasteiger partial charge in [-0.3, -0.25) is 0 Å². The maximum Gasteiger partial charge on any atom is 0.152 e. The average molecular weight is 259 g/mol. The summed E-state index contributed by atoms with van der Waals surface area (Å²) < 4.78 is 35.9. The number of benzene rings is 1. The number of aliphatic hydroxyl groups excluding tert-OH is 1. The van der Waals surface area contributed by atoms with Gasteiger partial charge < -0.3 is 10.4 Å². The van der Waals surface area contributed by atoms with E-state index in [2.05, 4.69) is 5.32 Å². The van der Waals surface area contributed by atoms with Crippen LogP contribution in [0.1, 0.15) is 6.42 Å². The monoisotopic (exact) mass is 259 g/mol. The van der Waals surface area contributed by atoms with Crippen LogP contribution in [0.25, 0.3) is 0 Å². The maximum atomic E-state index is 13.0. The maximum absolute atomic E-state index is 13.0. The van der Waals surface area contributed by atoms with Crippen molar-refractivity contribution >= 4 is 15.5 Å². The lowest BCUT2D eigenvalue weighted by atomic mass is 10.00. The SMILES string of the molecule is O=S1(=O)CCC(CO)(Nc2cccc(F)c2)C1. The van der Waals surface area contributed by atoms with Gasteiger partial charge in [0, 0.05) is 5.69 Å². The van der Waals surface area contributed by atoms with Crippen LogP contribution in [0.15, 0.2) is 24.3 Å². The van der Waals surface area contributed by atoms with Gasteiger partial charge in [0.25, 0.3) is 0 Å². The highest BCUT2D eigenvalue weighted by atomic mass is 32.2. The summed E-state index contributed by atoms with van der Waals surface area (Å²) in [5.41, 5.74) is -0.400. The Labute approximate surface area is 99.4 Å². The smallest absolute Gasteiger partial charge is 0.152 e. The highest BCUT2D eigenvalue weighted by Crippen LogP contribution is 2.27. The fraction of sp³-hybridized carbons (Fsp3) is 0.455. The molecule has 2 rings (SSSR count). The van der Waals surface area contributed by atoms with E-state index in [0.29, 0.717) is 12.1 Å². The van der Waals surface area contributed by atoms with Crippen LogP contribution in [0.2, 0.25) is 0 Å². The van der Waals surface area contributed by atoms with Crippen molar-refractivity contribution in [3.8, 4) is 0 Å². The van der Waals surface area contributed by atoms with Gasteiger partial charge in [-0.15, -0.1) is 0 Å². The molecule has 1 aromatic rings. The number of hydrogen-bond donors (Lipinski definition) is 2.